The van der Waals surface area contributed by atoms with Crippen LogP contribution < -0.4 is 0 Å². The van der Waals surface area contributed by atoms with Gasteiger partial charge >= 0.3 is 0 Å². The van der Waals surface area contributed by atoms with Gasteiger partial charge in [0.15, 0.2) is 0 Å². The second kappa shape index (κ2) is 4.15. The van der Waals surface area contributed by atoms with Gasteiger partial charge in [-0.2, -0.15) is 0 Å². The van der Waals surface area contributed by atoms with E-state index >= 15 is 0 Å². The first-order chi connectivity index (χ1) is 7.82. The van der Waals surface area contributed by atoms with Gasteiger partial charge in [-0.3, -0.25) is 0 Å². The predicted molar refractivity (Wildman–Crippen MR) is 75.9 cm³/mol. The maximum Gasteiger partial charge on any atom is 0.00134 e. The lowest BCUT2D eigenvalue weighted by molar-refractivity contribution is 0.186. The van der Waals surface area contributed by atoms with Crippen molar-refractivity contribution in [2.75, 3.05) is 0 Å². The molecule has 1 fully saturated rings. The van der Waals surface area contributed by atoms with Crippen LogP contribution in [0.15, 0.2) is 35.5 Å². The highest BCUT2D eigenvalue weighted by Crippen LogP contribution is 2.47. The molecule has 0 aliphatic heterocycles. The first-order valence-corrected chi connectivity index (χ1v) is 6.93. The molecule has 1 unspecified atom stereocenters. The second-order valence-electron chi connectivity index (χ2n) is 7.03. The van der Waals surface area contributed by atoms with E-state index in [-0.39, 0.29) is 5.41 Å². The largest absolute Gasteiger partial charge is 0.0751 e. The first-order valence-electron chi connectivity index (χ1n) is 6.93. The van der Waals surface area contributed by atoms with Crippen LogP contribution in [0.3, 0.4) is 0 Å². The number of allylic oxidation sites excluding steroid dienone is 6. The van der Waals surface area contributed by atoms with E-state index in [9.17, 15) is 0 Å². The van der Waals surface area contributed by atoms with Crippen molar-refractivity contribution in [3.63, 3.8) is 0 Å². The molecule has 17 heavy (non-hydrogen) atoms. The van der Waals surface area contributed by atoms with Crippen molar-refractivity contribution in [3.8, 4) is 0 Å². The highest BCUT2D eigenvalue weighted by atomic mass is 14.4. The normalized spacial score (nSPS) is 31.6. The second-order valence-corrected chi connectivity index (χ2v) is 7.03. The Balaban J connectivity index is 2.29. The Morgan fingerprint density at radius 3 is 2.47 bits per heavy atom. The van der Waals surface area contributed by atoms with Crippen molar-refractivity contribution in [2.45, 2.75) is 53.9 Å². The topological polar surface area (TPSA) is 0 Å². The molecule has 0 aromatic heterocycles. The Labute approximate surface area is 106 Å². The summed E-state index contributed by atoms with van der Waals surface area (Å²) in [5, 5.41) is 0. The van der Waals surface area contributed by atoms with E-state index < -0.39 is 0 Å². The number of fused-ring (bicyclic) bond motifs is 1. The zero-order valence-corrected chi connectivity index (χ0v) is 12.0. The SMILES string of the molecule is CC(C)C1(C)CCC2=CC(C)(C)C=CC=C2C1. The zero-order chi connectivity index (χ0) is 12.7. The fourth-order valence-electron chi connectivity index (χ4n) is 2.95. The quantitative estimate of drug-likeness (QED) is 0.575. The molecule has 0 radical (unpaired) electrons. The van der Waals surface area contributed by atoms with Crippen molar-refractivity contribution in [3.05, 3.63) is 35.5 Å². The van der Waals surface area contributed by atoms with Crippen LogP contribution in [0.4, 0.5) is 0 Å². The molecule has 2 rings (SSSR count). The maximum absolute atomic E-state index is 2.47. The van der Waals surface area contributed by atoms with Crippen molar-refractivity contribution in [1.29, 1.82) is 0 Å². The average Bonchev–Trinajstić information content (AvgIpc) is 2.35. The van der Waals surface area contributed by atoms with E-state index in [1.54, 1.807) is 11.1 Å². The van der Waals surface area contributed by atoms with E-state index in [4.69, 9.17) is 0 Å². The molecule has 0 amide bonds. The third kappa shape index (κ3) is 2.56. The summed E-state index contributed by atoms with van der Waals surface area (Å²) in [7, 11) is 0. The smallest absolute Gasteiger partial charge is 0.00134 e. The molecule has 94 valence electrons. The minimum Gasteiger partial charge on any atom is -0.0751 e. The standard InChI is InChI=1S/C17H26/c1-13(2)17(5)10-8-15-11-16(3,4)9-6-7-14(15)12-17/h6-7,9,11,13H,8,10,12H2,1-5H3. The molecule has 0 heterocycles. The minimum atomic E-state index is 0.221. The van der Waals surface area contributed by atoms with E-state index in [2.05, 4.69) is 58.9 Å². The monoisotopic (exact) mass is 230 g/mol. The Bertz CT molecular complexity index is 390. The Morgan fingerprint density at radius 1 is 1.12 bits per heavy atom. The van der Waals surface area contributed by atoms with Gasteiger partial charge in [0.1, 0.15) is 0 Å². The van der Waals surface area contributed by atoms with Gasteiger partial charge in [-0.1, -0.05) is 58.9 Å². The van der Waals surface area contributed by atoms with Crippen LogP contribution in [0.1, 0.15) is 53.9 Å². The summed E-state index contributed by atoms with van der Waals surface area (Å²) in [4.78, 5) is 0. The van der Waals surface area contributed by atoms with Crippen LogP contribution in [0, 0.1) is 16.7 Å². The van der Waals surface area contributed by atoms with Gasteiger partial charge in [-0.15, -0.1) is 0 Å². The highest BCUT2D eigenvalue weighted by molar-refractivity contribution is 5.41. The fourth-order valence-corrected chi connectivity index (χ4v) is 2.95. The minimum absolute atomic E-state index is 0.221. The summed E-state index contributed by atoms with van der Waals surface area (Å²) in [5.74, 6) is 0.769. The van der Waals surface area contributed by atoms with Crippen LogP contribution in [0.2, 0.25) is 0 Å². The lowest BCUT2D eigenvalue weighted by atomic mass is 9.65. The molecule has 1 atom stereocenters. The molecular formula is C17H26. The Hall–Kier alpha value is -0.780. The third-order valence-corrected chi connectivity index (χ3v) is 4.74. The van der Waals surface area contributed by atoms with E-state index in [0.717, 1.165) is 5.92 Å². The molecule has 1 saturated carbocycles. The van der Waals surface area contributed by atoms with Gasteiger partial charge in [0.2, 0.25) is 0 Å². The van der Waals surface area contributed by atoms with Crippen LogP contribution >= 0.6 is 0 Å². The van der Waals surface area contributed by atoms with Gasteiger partial charge in [0.05, 0.1) is 0 Å². The molecular weight excluding hydrogens is 204 g/mol. The van der Waals surface area contributed by atoms with Crippen molar-refractivity contribution in [2.24, 2.45) is 16.7 Å². The fraction of sp³-hybridized carbons (Fsp3) is 0.647. The summed E-state index contributed by atoms with van der Waals surface area (Å²) in [6.45, 7) is 11.8. The molecule has 0 spiro atoms. The molecule has 0 nitrogen and oxygen atoms in total. The maximum atomic E-state index is 2.47. The first kappa shape index (κ1) is 12.7. The molecule has 0 N–H and O–H groups in total. The number of hydrogen-bond donors (Lipinski definition) is 0. The number of hydrogen-bond acceptors (Lipinski definition) is 0. The van der Waals surface area contributed by atoms with Crippen LogP contribution in [-0.2, 0) is 0 Å². The predicted octanol–water partition coefficient (Wildman–Crippen LogP) is 5.28. The molecule has 0 bridgehead atoms. The molecule has 0 saturated heterocycles. The third-order valence-electron chi connectivity index (χ3n) is 4.74. The zero-order valence-electron chi connectivity index (χ0n) is 12.0. The Morgan fingerprint density at radius 2 is 1.82 bits per heavy atom. The molecule has 2 aliphatic carbocycles. The summed E-state index contributed by atoms with van der Waals surface area (Å²) in [6, 6.07) is 0. The molecule has 2 aliphatic rings. The summed E-state index contributed by atoms with van der Waals surface area (Å²) in [5.41, 5.74) is 3.89. The van der Waals surface area contributed by atoms with E-state index in [1.807, 2.05) is 0 Å². The average molecular weight is 230 g/mol. The Kier molecular flexibility index (Phi) is 3.10. The van der Waals surface area contributed by atoms with Crippen LogP contribution in [0.25, 0.3) is 0 Å². The van der Waals surface area contributed by atoms with Crippen molar-refractivity contribution < 1.29 is 0 Å². The van der Waals surface area contributed by atoms with Crippen molar-refractivity contribution >= 4 is 0 Å². The van der Waals surface area contributed by atoms with Crippen LogP contribution in [-0.4, -0.2) is 0 Å². The summed E-state index contributed by atoms with van der Waals surface area (Å²) >= 11 is 0. The molecule has 0 aromatic rings. The van der Waals surface area contributed by atoms with Gasteiger partial charge in [0.25, 0.3) is 0 Å². The van der Waals surface area contributed by atoms with Gasteiger partial charge in [-0.05, 0) is 41.7 Å². The van der Waals surface area contributed by atoms with Crippen molar-refractivity contribution in [1.82, 2.24) is 0 Å². The molecule has 0 heteroatoms. The lowest BCUT2D eigenvalue weighted by Crippen LogP contribution is -2.28. The van der Waals surface area contributed by atoms with E-state index in [0.29, 0.717) is 5.41 Å². The lowest BCUT2D eigenvalue weighted by Gasteiger charge is -2.40. The van der Waals surface area contributed by atoms with Gasteiger partial charge < -0.3 is 0 Å². The number of rotatable bonds is 1. The molecule has 0 aromatic carbocycles. The van der Waals surface area contributed by atoms with Gasteiger partial charge in [0, 0.05) is 5.41 Å². The van der Waals surface area contributed by atoms with E-state index in [1.165, 1.54) is 19.3 Å². The summed E-state index contributed by atoms with van der Waals surface area (Å²) in [6.07, 6.45) is 13.2. The van der Waals surface area contributed by atoms with Gasteiger partial charge in [-0.25, -0.2) is 0 Å². The highest BCUT2D eigenvalue weighted by Gasteiger charge is 2.34. The van der Waals surface area contributed by atoms with Crippen LogP contribution in [0.5, 0.6) is 0 Å². The summed E-state index contributed by atoms with van der Waals surface area (Å²) < 4.78 is 0.